The highest BCUT2D eigenvalue weighted by Gasteiger charge is 2.37. The van der Waals surface area contributed by atoms with Gasteiger partial charge in [-0.05, 0) is 43.0 Å². The van der Waals surface area contributed by atoms with Crippen LogP contribution in [0.15, 0.2) is 17.5 Å². The van der Waals surface area contributed by atoms with Crippen LogP contribution in [0.4, 0.5) is 0 Å². The van der Waals surface area contributed by atoms with E-state index in [1.165, 1.54) is 32.1 Å². The number of likely N-dealkylation sites (tertiary alicyclic amines) is 1. The summed E-state index contributed by atoms with van der Waals surface area (Å²) in [6, 6.07) is 3.93. The van der Waals surface area contributed by atoms with E-state index in [0.717, 1.165) is 23.8 Å². The minimum absolute atomic E-state index is 0.138. The van der Waals surface area contributed by atoms with Gasteiger partial charge in [0.1, 0.15) is 6.04 Å². The van der Waals surface area contributed by atoms with Gasteiger partial charge in [0.25, 0.3) is 0 Å². The molecule has 104 valence electrons. The number of nitrogens with zero attached hydrogens (tertiary/aromatic N) is 1. The van der Waals surface area contributed by atoms with E-state index in [9.17, 15) is 4.79 Å². The number of fused-ring (bicyclic) bond motifs is 1. The van der Waals surface area contributed by atoms with Crippen LogP contribution in [0, 0.1) is 5.92 Å². The number of carbonyl (C=O) groups is 1. The van der Waals surface area contributed by atoms with E-state index in [1.54, 1.807) is 11.3 Å². The highest BCUT2D eigenvalue weighted by molar-refractivity contribution is 7.10. The molecule has 1 aliphatic carbocycles. The van der Waals surface area contributed by atoms with Gasteiger partial charge in [-0.1, -0.05) is 18.9 Å². The third kappa shape index (κ3) is 2.56. The molecule has 3 rings (SSSR count). The maximum Gasteiger partial charge on any atom is 0.245 e. The standard InChI is InChI=1S/C15H22N2OS/c16-14(13-8-4-10-19-13)15(18)17-9-3-6-11-5-1-2-7-12(11)17/h4,8,10-12,14H,1-3,5-7,9,16H2/t11-,12-,14?/m1/s1. The van der Waals surface area contributed by atoms with Crippen LogP contribution in [-0.4, -0.2) is 23.4 Å². The van der Waals surface area contributed by atoms with E-state index in [1.807, 2.05) is 17.5 Å². The molecule has 1 aromatic rings. The zero-order valence-corrected chi connectivity index (χ0v) is 12.1. The fourth-order valence-corrected chi connectivity index (χ4v) is 4.39. The molecule has 1 amide bonds. The lowest BCUT2D eigenvalue weighted by Crippen LogP contribution is -2.52. The molecule has 2 N–H and O–H groups in total. The van der Waals surface area contributed by atoms with Crippen LogP contribution in [0.1, 0.15) is 49.4 Å². The second-order valence-corrected chi connectivity index (χ2v) is 6.76. The van der Waals surface area contributed by atoms with Crippen LogP contribution >= 0.6 is 11.3 Å². The Morgan fingerprint density at radius 1 is 1.32 bits per heavy atom. The Bertz CT molecular complexity index is 429. The first-order valence-electron chi connectivity index (χ1n) is 7.37. The molecule has 2 fully saturated rings. The van der Waals surface area contributed by atoms with Crippen LogP contribution in [0.2, 0.25) is 0 Å². The molecule has 3 atom stereocenters. The second kappa shape index (κ2) is 5.63. The predicted molar refractivity (Wildman–Crippen MR) is 77.9 cm³/mol. The van der Waals surface area contributed by atoms with Crippen molar-refractivity contribution in [1.82, 2.24) is 4.90 Å². The minimum atomic E-state index is -0.458. The Hall–Kier alpha value is -0.870. The van der Waals surface area contributed by atoms with E-state index in [2.05, 4.69) is 4.90 Å². The molecule has 1 aromatic heterocycles. The molecule has 1 aliphatic heterocycles. The van der Waals surface area contributed by atoms with Gasteiger partial charge in [-0.25, -0.2) is 0 Å². The largest absolute Gasteiger partial charge is 0.338 e. The Morgan fingerprint density at radius 2 is 2.11 bits per heavy atom. The van der Waals surface area contributed by atoms with Gasteiger partial charge in [-0.2, -0.15) is 0 Å². The van der Waals surface area contributed by atoms with E-state index >= 15 is 0 Å². The topological polar surface area (TPSA) is 46.3 Å². The first-order chi connectivity index (χ1) is 9.27. The Morgan fingerprint density at radius 3 is 2.89 bits per heavy atom. The van der Waals surface area contributed by atoms with Crippen LogP contribution in [-0.2, 0) is 4.79 Å². The third-order valence-corrected chi connectivity index (χ3v) is 5.60. The lowest BCUT2D eigenvalue weighted by atomic mass is 9.78. The molecule has 19 heavy (non-hydrogen) atoms. The summed E-state index contributed by atoms with van der Waals surface area (Å²) in [7, 11) is 0. The van der Waals surface area contributed by atoms with Crippen molar-refractivity contribution in [2.45, 2.75) is 50.6 Å². The minimum Gasteiger partial charge on any atom is -0.338 e. The fourth-order valence-electron chi connectivity index (χ4n) is 3.67. The summed E-state index contributed by atoms with van der Waals surface area (Å²) in [5.41, 5.74) is 6.15. The number of amides is 1. The lowest BCUT2D eigenvalue weighted by molar-refractivity contribution is -0.139. The number of nitrogens with two attached hydrogens (primary N) is 1. The molecule has 3 nitrogen and oxygen atoms in total. The summed E-state index contributed by atoms with van der Waals surface area (Å²) in [6.07, 6.45) is 7.50. The first kappa shape index (κ1) is 13.1. The number of hydrogen-bond acceptors (Lipinski definition) is 3. The summed E-state index contributed by atoms with van der Waals surface area (Å²) in [5, 5.41) is 1.99. The smallest absolute Gasteiger partial charge is 0.245 e. The molecule has 1 unspecified atom stereocenters. The Kier molecular flexibility index (Phi) is 3.89. The van der Waals surface area contributed by atoms with Gasteiger partial charge in [-0.3, -0.25) is 4.79 Å². The molecule has 0 aromatic carbocycles. The molecule has 0 bridgehead atoms. The van der Waals surface area contributed by atoms with Crippen molar-refractivity contribution in [3.8, 4) is 0 Å². The predicted octanol–water partition coefficient (Wildman–Crippen LogP) is 2.93. The van der Waals surface area contributed by atoms with Gasteiger partial charge < -0.3 is 10.6 Å². The normalized spacial score (nSPS) is 28.8. The molecular formula is C15H22N2OS. The van der Waals surface area contributed by atoms with Gasteiger partial charge in [0.15, 0.2) is 0 Å². The van der Waals surface area contributed by atoms with Crippen LogP contribution < -0.4 is 5.73 Å². The number of carbonyl (C=O) groups excluding carboxylic acids is 1. The van der Waals surface area contributed by atoms with E-state index < -0.39 is 6.04 Å². The van der Waals surface area contributed by atoms with Crippen molar-refractivity contribution in [2.75, 3.05) is 6.54 Å². The lowest BCUT2D eigenvalue weighted by Gasteiger charge is -2.44. The van der Waals surface area contributed by atoms with Gasteiger partial charge in [-0.15, -0.1) is 11.3 Å². The monoisotopic (exact) mass is 278 g/mol. The highest BCUT2D eigenvalue weighted by Crippen LogP contribution is 2.36. The van der Waals surface area contributed by atoms with E-state index in [-0.39, 0.29) is 5.91 Å². The average Bonchev–Trinajstić information content (AvgIpc) is 2.99. The van der Waals surface area contributed by atoms with Crippen LogP contribution in [0.25, 0.3) is 0 Å². The van der Waals surface area contributed by atoms with Crippen molar-refractivity contribution in [1.29, 1.82) is 0 Å². The molecular weight excluding hydrogens is 256 g/mol. The average molecular weight is 278 g/mol. The van der Waals surface area contributed by atoms with Gasteiger partial charge >= 0.3 is 0 Å². The number of piperidine rings is 1. The number of rotatable bonds is 2. The maximum atomic E-state index is 12.7. The third-order valence-electron chi connectivity index (χ3n) is 4.64. The molecule has 4 heteroatoms. The Labute approximate surface area is 118 Å². The molecule has 1 saturated carbocycles. The van der Waals surface area contributed by atoms with E-state index in [4.69, 9.17) is 5.73 Å². The first-order valence-corrected chi connectivity index (χ1v) is 8.25. The fraction of sp³-hybridized carbons (Fsp3) is 0.667. The van der Waals surface area contributed by atoms with Crippen molar-refractivity contribution in [3.05, 3.63) is 22.4 Å². The van der Waals surface area contributed by atoms with Gasteiger partial charge in [0, 0.05) is 17.5 Å². The zero-order valence-electron chi connectivity index (χ0n) is 11.3. The highest BCUT2D eigenvalue weighted by atomic mass is 32.1. The number of thiophene rings is 1. The van der Waals surface area contributed by atoms with E-state index in [0.29, 0.717) is 6.04 Å². The van der Waals surface area contributed by atoms with Crippen LogP contribution in [0.5, 0.6) is 0 Å². The molecule has 2 heterocycles. The van der Waals surface area contributed by atoms with Crippen molar-refractivity contribution >= 4 is 17.2 Å². The molecule has 0 radical (unpaired) electrons. The quantitative estimate of drug-likeness (QED) is 0.904. The molecule has 1 saturated heterocycles. The van der Waals surface area contributed by atoms with Crippen LogP contribution in [0.3, 0.4) is 0 Å². The van der Waals surface area contributed by atoms with Crippen molar-refractivity contribution < 1.29 is 4.79 Å². The summed E-state index contributed by atoms with van der Waals surface area (Å²) < 4.78 is 0. The SMILES string of the molecule is NC(C(=O)N1CCC[C@H]2CCCC[C@H]21)c1cccs1. The number of hydrogen-bond donors (Lipinski definition) is 1. The summed E-state index contributed by atoms with van der Waals surface area (Å²) >= 11 is 1.58. The Balaban J connectivity index is 1.74. The second-order valence-electron chi connectivity index (χ2n) is 5.78. The zero-order chi connectivity index (χ0) is 13.2. The summed E-state index contributed by atoms with van der Waals surface area (Å²) in [6.45, 7) is 0.902. The molecule has 2 aliphatic rings. The molecule has 0 spiro atoms. The van der Waals surface area contributed by atoms with Gasteiger partial charge in [0.2, 0.25) is 5.91 Å². The summed E-state index contributed by atoms with van der Waals surface area (Å²) in [5.74, 6) is 0.862. The van der Waals surface area contributed by atoms with Crippen molar-refractivity contribution in [2.24, 2.45) is 11.7 Å². The summed E-state index contributed by atoms with van der Waals surface area (Å²) in [4.78, 5) is 15.7. The maximum absolute atomic E-state index is 12.7. The van der Waals surface area contributed by atoms with Gasteiger partial charge in [0.05, 0.1) is 0 Å². The van der Waals surface area contributed by atoms with Crippen molar-refractivity contribution in [3.63, 3.8) is 0 Å².